The Hall–Kier alpha value is -3.16. The van der Waals surface area contributed by atoms with Gasteiger partial charge in [-0.3, -0.25) is 14.4 Å². The van der Waals surface area contributed by atoms with Crippen LogP contribution in [0.1, 0.15) is 177 Å². The number of hydrogen-bond acceptors (Lipinski definition) is 6. The lowest BCUT2D eigenvalue weighted by atomic mass is 9.32. The number of ether oxygens (including phenoxy) is 2. The van der Waals surface area contributed by atoms with Gasteiger partial charge in [0, 0.05) is 12.0 Å². The Balaban J connectivity index is 0.930. The molecule has 8 heteroatoms. The van der Waals surface area contributed by atoms with Crippen molar-refractivity contribution < 1.29 is 23.9 Å². The van der Waals surface area contributed by atoms with E-state index >= 15 is 4.79 Å². The number of esters is 2. The first-order valence-electron chi connectivity index (χ1n) is 25.6. The van der Waals surface area contributed by atoms with E-state index in [1.54, 1.807) is 0 Å². The first-order chi connectivity index (χ1) is 29.8. The molecule has 7 aliphatic rings. The SMILES string of the molecule is CCCCOC(=O)[C@@H]1C[C@H](C(=O)O[C@H]2CC[C@]3(C)[C@H]4CC[C@@H]5[C@H]6[C@H](C(C)C)CC[C@]6(C(=O)N6CCC[C@H]6c6ncc(-c7ccccc7)[nH]6)CC[C@@]5(C)[C@]4(C)CC[C@H]3C2(C)C)C1(C)C. The third kappa shape index (κ3) is 6.75. The summed E-state index contributed by atoms with van der Waals surface area (Å²) in [5.41, 5.74) is 1.72. The molecule has 0 unspecified atom stereocenters. The van der Waals surface area contributed by atoms with Crippen LogP contribution in [0.15, 0.2) is 36.5 Å². The molecule has 7 fully saturated rings. The van der Waals surface area contributed by atoms with E-state index in [-0.39, 0.29) is 63.0 Å². The van der Waals surface area contributed by atoms with Crippen LogP contribution in [0.2, 0.25) is 0 Å². The minimum absolute atomic E-state index is 0.00822. The van der Waals surface area contributed by atoms with Gasteiger partial charge in [-0.05, 0) is 153 Å². The average molecular weight is 864 g/mol. The fourth-order valence-electron chi connectivity index (χ4n) is 17.2. The molecule has 1 aromatic heterocycles. The molecule has 1 aliphatic heterocycles. The summed E-state index contributed by atoms with van der Waals surface area (Å²) in [6, 6.07) is 10.4. The number of carbonyl (C=O) groups excluding carboxylic acids is 3. The predicted octanol–water partition coefficient (Wildman–Crippen LogP) is 12.4. The fraction of sp³-hybridized carbons (Fsp3) is 0.782. The Morgan fingerprint density at radius 2 is 1.56 bits per heavy atom. The van der Waals surface area contributed by atoms with E-state index in [1.807, 2.05) is 26.1 Å². The Morgan fingerprint density at radius 1 is 0.810 bits per heavy atom. The van der Waals surface area contributed by atoms with Gasteiger partial charge in [0.25, 0.3) is 0 Å². The summed E-state index contributed by atoms with van der Waals surface area (Å²) in [5, 5.41) is 0. The molecule has 0 bridgehead atoms. The van der Waals surface area contributed by atoms with Gasteiger partial charge in [0.15, 0.2) is 0 Å². The van der Waals surface area contributed by atoms with E-state index in [4.69, 9.17) is 14.5 Å². The molecule has 6 aliphatic carbocycles. The fourth-order valence-corrected chi connectivity index (χ4v) is 17.2. The molecule has 8 nitrogen and oxygen atoms in total. The highest BCUT2D eigenvalue weighted by Crippen LogP contribution is 2.78. The maximum absolute atomic E-state index is 15.6. The largest absolute Gasteiger partial charge is 0.465 e. The van der Waals surface area contributed by atoms with Crippen LogP contribution in [0.3, 0.4) is 0 Å². The van der Waals surface area contributed by atoms with Gasteiger partial charge in [-0.25, -0.2) is 4.98 Å². The Morgan fingerprint density at radius 3 is 2.27 bits per heavy atom. The molecule has 1 aromatic carbocycles. The summed E-state index contributed by atoms with van der Waals surface area (Å²) in [6.45, 7) is 25.1. The minimum Gasteiger partial charge on any atom is -0.465 e. The summed E-state index contributed by atoms with van der Waals surface area (Å²) in [6.07, 6.45) is 17.3. The van der Waals surface area contributed by atoms with Gasteiger partial charge in [-0.2, -0.15) is 0 Å². The third-order valence-electron chi connectivity index (χ3n) is 21.1. The highest BCUT2D eigenvalue weighted by atomic mass is 16.5. The lowest BCUT2D eigenvalue weighted by Gasteiger charge is -2.73. The van der Waals surface area contributed by atoms with Crippen molar-refractivity contribution in [2.45, 2.75) is 178 Å². The smallest absolute Gasteiger partial charge is 0.309 e. The average Bonchev–Trinajstić information content (AvgIpc) is 4.02. The number of unbranched alkanes of at least 4 members (excludes halogenated alkanes) is 1. The summed E-state index contributed by atoms with van der Waals surface area (Å²) in [7, 11) is 0. The number of likely N-dealkylation sites (tertiary alicyclic amines) is 1. The van der Waals surface area contributed by atoms with Gasteiger partial charge in [0.2, 0.25) is 5.91 Å². The van der Waals surface area contributed by atoms with Crippen LogP contribution in [0.4, 0.5) is 0 Å². The van der Waals surface area contributed by atoms with Crippen LogP contribution in [0, 0.1) is 79.8 Å². The summed E-state index contributed by atoms with van der Waals surface area (Å²) in [4.78, 5) is 53.4. The van der Waals surface area contributed by atoms with Crippen molar-refractivity contribution in [3.05, 3.63) is 42.4 Å². The predicted molar refractivity (Wildman–Crippen MR) is 248 cm³/mol. The molecule has 13 atom stereocenters. The van der Waals surface area contributed by atoms with Crippen LogP contribution in [-0.2, 0) is 23.9 Å². The molecule has 346 valence electrons. The van der Waals surface area contributed by atoms with E-state index in [1.165, 1.54) is 19.3 Å². The molecule has 0 spiro atoms. The van der Waals surface area contributed by atoms with E-state index < -0.39 is 5.41 Å². The Labute approximate surface area is 379 Å². The summed E-state index contributed by atoms with van der Waals surface area (Å²) < 4.78 is 12.2. The number of rotatable bonds is 10. The number of fused-ring (bicyclic) bond motifs is 7. The number of amides is 1. The normalized spacial score (nSPS) is 41.1. The third-order valence-corrected chi connectivity index (χ3v) is 21.1. The molecule has 1 N–H and O–H groups in total. The topological polar surface area (TPSA) is 102 Å². The van der Waals surface area contributed by atoms with Crippen molar-refractivity contribution in [2.24, 2.45) is 79.8 Å². The van der Waals surface area contributed by atoms with Crippen molar-refractivity contribution in [1.29, 1.82) is 0 Å². The molecule has 2 heterocycles. The number of benzene rings is 1. The highest BCUT2D eigenvalue weighted by molar-refractivity contribution is 5.85. The monoisotopic (exact) mass is 864 g/mol. The van der Waals surface area contributed by atoms with E-state index in [9.17, 15) is 9.59 Å². The van der Waals surface area contributed by atoms with Gasteiger partial charge in [0.1, 0.15) is 11.9 Å². The molecule has 0 radical (unpaired) electrons. The lowest BCUT2D eigenvalue weighted by molar-refractivity contribution is -0.252. The maximum atomic E-state index is 15.6. The Kier molecular flexibility index (Phi) is 11.4. The summed E-state index contributed by atoms with van der Waals surface area (Å²) in [5.74, 6) is 3.67. The quantitative estimate of drug-likeness (QED) is 0.189. The molecule has 1 amide bonds. The van der Waals surface area contributed by atoms with Crippen molar-refractivity contribution >= 4 is 17.8 Å². The second-order valence-corrected chi connectivity index (χ2v) is 24.5. The van der Waals surface area contributed by atoms with E-state index in [0.717, 1.165) is 94.3 Å². The molecular weight excluding hydrogens is 783 g/mol. The van der Waals surface area contributed by atoms with Crippen molar-refractivity contribution in [2.75, 3.05) is 13.2 Å². The second-order valence-electron chi connectivity index (χ2n) is 24.5. The molecular formula is C55H81N3O5. The molecule has 63 heavy (non-hydrogen) atoms. The van der Waals surface area contributed by atoms with Crippen LogP contribution < -0.4 is 0 Å². The standard InChI is InChI=1S/C55H81N3O5/c1-11-12-31-62-47(59)38-32-39(50(38,4)5)48(60)63-44-24-25-52(8)42(51(44,6)7)23-26-54(10)43(52)21-20-37-45-36(34(2)3)22-27-55(45,29-28-53(37,54)9)49(61)58-30-16-19-41(58)46-56-33-40(57-46)35-17-14-13-15-18-35/h13-15,17-18,33-34,36-39,41-45H,11-12,16,19-32H2,1-10H3,(H,56,57)/t36-,37+,38-,39+,41-,42-,43+,44-,45+,52-,53+,54+,55-/m0/s1. The van der Waals surface area contributed by atoms with Gasteiger partial charge in [-0.1, -0.05) is 106 Å². The van der Waals surface area contributed by atoms with Crippen LogP contribution in [-0.4, -0.2) is 52.0 Å². The number of carbonyl (C=O) groups is 3. The zero-order chi connectivity index (χ0) is 44.9. The summed E-state index contributed by atoms with van der Waals surface area (Å²) >= 11 is 0. The molecule has 9 rings (SSSR count). The zero-order valence-corrected chi connectivity index (χ0v) is 40.7. The number of H-pyrrole nitrogens is 1. The van der Waals surface area contributed by atoms with Crippen molar-refractivity contribution in [3.8, 4) is 11.3 Å². The highest BCUT2D eigenvalue weighted by Gasteiger charge is 2.73. The minimum atomic E-state index is -0.466. The number of nitrogens with one attached hydrogen (secondary N) is 1. The molecule has 6 saturated carbocycles. The Bertz CT molecular complexity index is 2040. The van der Waals surface area contributed by atoms with Crippen LogP contribution in [0.5, 0.6) is 0 Å². The zero-order valence-electron chi connectivity index (χ0n) is 40.7. The second kappa shape index (κ2) is 16.0. The first kappa shape index (κ1) is 45.0. The number of hydrogen-bond donors (Lipinski definition) is 1. The number of imidazole rings is 1. The maximum Gasteiger partial charge on any atom is 0.309 e. The van der Waals surface area contributed by atoms with Gasteiger partial charge >= 0.3 is 11.9 Å². The lowest BCUT2D eigenvalue weighted by Crippen LogP contribution is -2.67. The van der Waals surface area contributed by atoms with Gasteiger partial charge in [0.05, 0.1) is 41.8 Å². The van der Waals surface area contributed by atoms with Gasteiger partial charge < -0.3 is 19.4 Å². The van der Waals surface area contributed by atoms with E-state index in [2.05, 4.69) is 89.5 Å². The molecule has 1 saturated heterocycles. The van der Waals surface area contributed by atoms with Crippen LogP contribution in [0.25, 0.3) is 11.3 Å². The van der Waals surface area contributed by atoms with Crippen LogP contribution >= 0.6 is 0 Å². The van der Waals surface area contributed by atoms with E-state index in [0.29, 0.717) is 54.4 Å². The van der Waals surface area contributed by atoms with Crippen molar-refractivity contribution in [1.82, 2.24) is 14.9 Å². The number of aromatic nitrogens is 2. The number of nitrogens with zero attached hydrogens (tertiary/aromatic N) is 2. The number of aromatic amines is 1. The van der Waals surface area contributed by atoms with Gasteiger partial charge in [-0.15, -0.1) is 0 Å². The van der Waals surface area contributed by atoms with Crippen molar-refractivity contribution in [3.63, 3.8) is 0 Å². The first-order valence-corrected chi connectivity index (χ1v) is 25.6. The molecule has 2 aromatic rings.